The van der Waals surface area contributed by atoms with Crippen molar-refractivity contribution in [3.8, 4) is 0 Å². The number of hydrogen-bond donors (Lipinski definition) is 2. The van der Waals surface area contributed by atoms with Crippen molar-refractivity contribution in [2.24, 2.45) is 0 Å². The first-order valence-corrected chi connectivity index (χ1v) is 13.1. The fourth-order valence-corrected chi connectivity index (χ4v) is 4.54. The number of benzene rings is 2. The van der Waals surface area contributed by atoms with E-state index in [9.17, 15) is 39.2 Å². The summed E-state index contributed by atoms with van der Waals surface area (Å²) in [5.41, 5.74) is -0.462. The largest absolute Gasteiger partial charge is 1.00 e. The number of carbonyl (C=O) groups excluding carboxylic acids is 1. The van der Waals surface area contributed by atoms with Gasteiger partial charge < -0.3 is 14.4 Å². The molecule has 0 saturated carbocycles. The van der Waals surface area contributed by atoms with Gasteiger partial charge in [0.1, 0.15) is 20.2 Å². The molecule has 1 amide bonds. The predicted octanol–water partition coefficient (Wildman–Crippen LogP) is -5.15. The first-order chi connectivity index (χ1) is 15.0. The molecule has 12 nitrogen and oxygen atoms in total. The maximum atomic E-state index is 11.9. The Hall–Kier alpha value is -0.820. The molecular formula is C18H19N3Na2O9S3. The summed E-state index contributed by atoms with van der Waals surface area (Å²) < 4.78 is 96.9. The van der Waals surface area contributed by atoms with Gasteiger partial charge in [0.2, 0.25) is 5.91 Å². The third-order valence-electron chi connectivity index (χ3n) is 4.06. The van der Waals surface area contributed by atoms with Crippen molar-refractivity contribution in [3.05, 3.63) is 47.5 Å². The number of nitrogens with zero attached hydrogens (tertiary/aromatic N) is 1. The van der Waals surface area contributed by atoms with Crippen LogP contribution in [0.1, 0.15) is 18.1 Å². The minimum atomic E-state index is -5.07. The van der Waals surface area contributed by atoms with Gasteiger partial charge in [-0.3, -0.25) is 9.52 Å². The predicted molar refractivity (Wildman–Crippen MR) is 118 cm³/mol. The SMILES string of the molecule is CC(=O)Nc1ccc(/C=C/c2ccc(NS(=O)(=O)N(C)C)cc2S(=O)(=O)[O-])c(S(=O)(=O)[O-])c1.[Na+].[Na+]. The third-order valence-corrected chi connectivity index (χ3v) is 7.30. The van der Waals surface area contributed by atoms with E-state index >= 15 is 0 Å². The van der Waals surface area contributed by atoms with Crippen molar-refractivity contribution in [1.82, 2.24) is 4.31 Å². The number of hydrogen-bond acceptors (Lipinski definition) is 9. The van der Waals surface area contributed by atoms with Crippen LogP contribution in [0, 0.1) is 0 Å². The van der Waals surface area contributed by atoms with Gasteiger partial charge in [-0.15, -0.1) is 0 Å². The number of nitrogens with one attached hydrogen (secondary N) is 2. The van der Waals surface area contributed by atoms with Crippen LogP contribution in [0.5, 0.6) is 0 Å². The topological polar surface area (TPSA) is 193 Å². The summed E-state index contributed by atoms with van der Waals surface area (Å²) in [6, 6.07) is 6.60. The van der Waals surface area contributed by atoms with Crippen molar-refractivity contribution in [1.29, 1.82) is 0 Å². The van der Waals surface area contributed by atoms with Crippen molar-refractivity contribution in [2.75, 3.05) is 24.1 Å². The minimum Gasteiger partial charge on any atom is -0.744 e. The quantitative estimate of drug-likeness (QED) is 0.179. The van der Waals surface area contributed by atoms with Crippen molar-refractivity contribution < 1.29 is 98.3 Å². The summed E-state index contributed by atoms with van der Waals surface area (Å²) in [5, 5.41) is 2.33. The van der Waals surface area contributed by atoms with Crippen molar-refractivity contribution in [2.45, 2.75) is 16.7 Å². The monoisotopic (exact) mass is 563 g/mol. The van der Waals surface area contributed by atoms with E-state index in [0.717, 1.165) is 34.7 Å². The zero-order valence-electron chi connectivity index (χ0n) is 19.5. The van der Waals surface area contributed by atoms with Crippen LogP contribution in [0.25, 0.3) is 12.2 Å². The van der Waals surface area contributed by atoms with E-state index in [1.54, 1.807) is 0 Å². The van der Waals surface area contributed by atoms with Crippen LogP contribution >= 0.6 is 0 Å². The van der Waals surface area contributed by atoms with Crippen LogP contribution < -0.4 is 69.2 Å². The third kappa shape index (κ3) is 9.87. The second-order valence-electron chi connectivity index (χ2n) is 6.82. The van der Waals surface area contributed by atoms with Gasteiger partial charge >= 0.3 is 69.3 Å². The molecule has 0 aliphatic heterocycles. The molecular weight excluding hydrogens is 544 g/mol. The number of carbonyl (C=O) groups is 1. The standard InChI is InChI=1S/C18H21N3O9S3.2Na/c1-12(22)19-15-8-6-13(17(10-15)31(23,24)25)4-5-14-7-9-16(11-18(14)32(26,27)28)20-33(29,30)21(2)3;;/h4-11,20H,1-3H3,(H,19,22)(H,23,24,25)(H,26,27,28);;/q;2*+1/p-2/b5-4+;;. The van der Waals surface area contributed by atoms with Gasteiger partial charge in [0.25, 0.3) is 0 Å². The first-order valence-electron chi connectivity index (χ1n) is 8.86. The summed E-state index contributed by atoms with van der Waals surface area (Å²) >= 11 is 0. The molecule has 0 fully saturated rings. The van der Waals surface area contributed by atoms with E-state index in [4.69, 9.17) is 0 Å². The van der Waals surface area contributed by atoms with E-state index in [2.05, 4.69) is 10.0 Å². The average Bonchev–Trinajstić information content (AvgIpc) is 2.65. The Balaban J connectivity index is 0.00000578. The second kappa shape index (κ2) is 13.1. The van der Waals surface area contributed by atoms with Crippen LogP contribution in [0.2, 0.25) is 0 Å². The van der Waals surface area contributed by atoms with Crippen LogP contribution in [-0.2, 0) is 35.2 Å². The molecule has 0 heterocycles. The summed E-state index contributed by atoms with van der Waals surface area (Å²) in [6.07, 6.45) is 2.17. The fourth-order valence-electron chi connectivity index (χ4n) is 2.54. The van der Waals surface area contributed by atoms with Gasteiger partial charge in [0.15, 0.2) is 0 Å². The van der Waals surface area contributed by atoms with Crippen LogP contribution in [0.4, 0.5) is 11.4 Å². The van der Waals surface area contributed by atoms with Gasteiger partial charge in [-0.2, -0.15) is 12.7 Å². The smallest absolute Gasteiger partial charge is 0.744 e. The molecule has 2 N–H and O–H groups in total. The van der Waals surface area contributed by atoms with Gasteiger partial charge in [0, 0.05) is 26.7 Å². The molecule has 0 aliphatic carbocycles. The molecule has 0 saturated heterocycles. The normalized spacial score (nSPS) is 12.1. The maximum Gasteiger partial charge on any atom is 1.00 e. The van der Waals surface area contributed by atoms with E-state index in [1.165, 1.54) is 39.2 Å². The minimum absolute atomic E-state index is 0. The Labute approximate surface area is 248 Å². The molecule has 2 rings (SSSR count). The van der Waals surface area contributed by atoms with Crippen LogP contribution in [0.15, 0.2) is 46.2 Å². The van der Waals surface area contributed by atoms with E-state index in [0.29, 0.717) is 0 Å². The molecule has 0 aliphatic rings. The van der Waals surface area contributed by atoms with Crippen LogP contribution in [-0.4, -0.2) is 58.7 Å². The summed E-state index contributed by atoms with van der Waals surface area (Å²) in [6.45, 7) is 1.19. The Morgan fingerprint density at radius 2 is 1.20 bits per heavy atom. The zero-order chi connectivity index (χ0) is 25.2. The molecule has 2 aromatic rings. The summed E-state index contributed by atoms with van der Waals surface area (Å²) in [7, 11) is -11.6. The van der Waals surface area contributed by atoms with Crippen LogP contribution in [0.3, 0.4) is 0 Å². The van der Waals surface area contributed by atoms with E-state index in [-0.39, 0.29) is 81.6 Å². The molecule has 0 radical (unpaired) electrons. The van der Waals surface area contributed by atoms with Gasteiger partial charge in [0.05, 0.1) is 15.5 Å². The Morgan fingerprint density at radius 1 is 0.800 bits per heavy atom. The van der Waals surface area contributed by atoms with E-state index in [1.807, 2.05) is 0 Å². The van der Waals surface area contributed by atoms with Crippen molar-refractivity contribution >= 4 is 59.9 Å². The summed E-state index contributed by atoms with van der Waals surface area (Å²) in [4.78, 5) is 9.70. The number of amides is 1. The zero-order valence-corrected chi connectivity index (χ0v) is 25.9. The maximum absolute atomic E-state index is 11.9. The Kier molecular flexibility index (Phi) is 12.8. The fraction of sp³-hybridized carbons (Fsp3) is 0.167. The average molecular weight is 564 g/mol. The van der Waals surface area contributed by atoms with Crippen molar-refractivity contribution in [3.63, 3.8) is 0 Å². The van der Waals surface area contributed by atoms with E-state index < -0.39 is 46.1 Å². The molecule has 35 heavy (non-hydrogen) atoms. The molecule has 0 spiro atoms. The number of rotatable bonds is 8. The second-order valence-corrected chi connectivity index (χ2v) is 11.4. The molecule has 0 atom stereocenters. The summed E-state index contributed by atoms with van der Waals surface area (Å²) in [5.74, 6) is -0.497. The molecule has 180 valence electrons. The van der Waals surface area contributed by atoms with Gasteiger partial charge in [-0.1, -0.05) is 24.3 Å². The molecule has 0 aromatic heterocycles. The molecule has 17 heteroatoms. The molecule has 2 aromatic carbocycles. The van der Waals surface area contributed by atoms with Gasteiger partial charge in [-0.25, -0.2) is 16.8 Å². The first kappa shape index (κ1) is 34.2. The Morgan fingerprint density at radius 3 is 1.57 bits per heavy atom. The molecule has 0 unspecified atom stereocenters. The number of anilines is 2. The van der Waals surface area contributed by atoms with Gasteiger partial charge in [-0.05, 0) is 35.4 Å². The Bertz CT molecular complexity index is 1440. The molecule has 0 bridgehead atoms.